The van der Waals surface area contributed by atoms with E-state index in [9.17, 15) is 13.2 Å². The normalized spacial score (nSPS) is 18.3. The Kier molecular flexibility index (Phi) is 2.56. The number of alkyl halides is 1. The first-order chi connectivity index (χ1) is 6.59. The summed E-state index contributed by atoms with van der Waals surface area (Å²) in [6, 6.07) is 1.53. The molecule has 1 atom stereocenters. The van der Waals surface area contributed by atoms with Crippen LogP contribution in [-0.2, 0) is 0 Å². The first-order valence-corrected chi connectivity index (χ1v) is 5.29. The maximum atomic E-state index is 13.2. The van der Waals surface area contributed by atoms with Gasteiger partial charge in [-0.2, -0.15) is 0 Å². The third kappa shape index (κ3) is 1.80. The molecule has 1 fully saturated rings. The fraction of sp³-hybridized carbons (Fsp3) is 0.400. The van der Waals surface area contributed by atoms with E-state index in [-0.39, 0.29) is 10.4 Å². The first kappa shape index (κ1) is 10.0. The van der Waals surface area contributed by atoms with Crippen molar-refractivity contribution < 1.29 is 13.2 Å². The summed E-state index contributed by atoms with van der Waals surface area (Å²) in [5, 5.41) is 0. The summed E-state index contributed by atoms with van der Waals surface area (Å²) < 4.78 is 38.7. The third-order valence-electron chi connectivity index (χ3n) is 2.37. The monoisotopic (exact) mass is 264 g/mol. The predicted octanol–water partition coefficient (Wildman–Crippen LogP) is 3.95. The molecule has 1 unspecified atom stereocenters. The molecule has 0 aliphatic heterocycles. The van der Waals surface area contributed by atoms with Crippen molar-refractivity contribution in [3.8, 4) is 0 Å². The third-order valence-corrected chi connectivity index (χ3v) is 3.61. The number of benzene rings is 1. The zero-order valence-corrected chi connectivity index (χ0v) is 8.82. The Hall–Kier alpha value is -0.510. The molecule has 14 heavy (non-hydrogen) atoms. The van der Waals surface area contributed by atoms with Crippen LogP contribution in [0.15, 0.2) is 12.1 Å². The molecule has 0 spiro atoms. The van der Waals surface area contributed by atoms with E-state index < -0.39 is 17.5 Å². The molecule has 2 rings (SSSR count). The SMILES string of the molecule is Fc1cc(F)c(C(Br)C2CC2)cc1F. The summed E-state index contributed by atoms with van der Waals surface area (Å²) in [6.45, 7) is 0. The first-order valence-electron chi connectivity index (χ1n) is 4.38. The number of rotatable bonds is 2. The molecule has 76 valence electrons. The van der Waals surface area contributed by atoms with Crippen molar-refractivity contribution in [3.05, 3.63) is 35.1 Å². The van der Waals surface area contributed by atoms with Gasteiger partial charge in [-0.15, -0.1) is 0 Å². The van der Waals surface area contributed by atoms with Crippen LogP contribution in [0, 0.1) is 23.4 Å². The largest absolute Gasteiger partial charge is 0.207 e. The van der Waals surface area contributed by atoms with Gasteiger partial charge in [0.1, 0.15) is 5.82 Å². The van der Waals surface area contributed by atoms with Crippen molar-refractivity contribution in [2.45, 2.75) is 17.7 Å². The van der Waals surface area contributed by atoms with Crippen LogP contribution in [-0.4, -0.2) is 0 Å². The molecular weight excluding hydrogens is 257 g/mol. The second kappa shape index (κ2) is 3.57. The molecule has 1 saturated carbocycles. The maximum Gasteiger partial charge on any atom is 0.161 e. The molecule has 1 aliphatic carbocycles. The predicted molar refractivity (Wildman–Crippen MR) is 50.7 cm³/mol. The van der Waals surface area contributed by atoms with Crippen LogP contribution in [0.1, 0.15) is 23.2 Å². The van der Waals surface area contributed by atoms with Gasteiger partial charge in [0.25, 0.3) is 0 Å². The molecule has 1 aromatic carbocycles. The summed E-state index contributed by atoms with van der Waals surface area (Å²) in [4.78, 5) is -0.197. The summed E-state index contributed by atoms with van der Waals surface area (Å²) >= 11 is 3.29. The van der Waals surface area contributed by atoms with Crippen molar-refractivity contribution >= 4 is 15.9 Å². The van der Waals surface area contributed by atoms with Gasteiger partial charge in [0.05, 0.1) is 0 Å². The van der Waals surface area contributed by atoms with Crippen molar-refractivity contribution in [1.29, 1.82) is 0 Å². The molecule has 0 amide bonds. The quantitative estimate of drug-likeness (QED) is 0.561. The Morgan fingerprint density at radius 2 is 1.64 bits per heavy atom. The van der Waals surface area contributed by atoms with Gasteiger partial charge in [-0.25, -0.2) is 13.2 Å². The average Bonchev–Trinajstić information content (AvgIpc) is 2.93. The number of hydrogen-bond acceptors (Lipinski definition) is 0. The Bertz CT molecular complexity index is 361. The van der Waals surface area contributed by atoms with Crippen LogP contribution in [0.25, 0.3) is 0 Å². The topological polar surface area (TPSA) is 0 Å². The lowest BCUT2D eigenvalue weighted by molar-refractivity contribution is 0.488. The van der Waals surface area contributed by atoms with Gasteiger partial charge in [-0.1, -0.05) is 15.9 Å². The highest BCUT2D eigenvalue weighted by Crippen LogP contribution is 2.47. The highest BCUT2D eigenvalue weighted by molar-refractivity contribution is 9.09. The summed E-state index contributed by atoms with van der Waals surface area (Å²) in [7, 11) is 0. The fourth-order valence-electron chi connectivity index (χ4n) is 1.39. The molecule has 0 aromatic heterocycles. The van der Waals surface area contributed by atoms with Crippen LogP contribution >= 0.6 is 15.9 Å². The minimum atomic E-state index is -1.14. The molecular formula is C10H8BrF3. The highest BCUT2D eigenvalue weighted by Gasteiger charge is 2.32. The van der Waals surface area contributed by atoms with Crippen molar-refractivity contribution in [2.24, 2.45) is 5.92 Å². The van der Waals surface area contributed by atoms with Crippen LogP contribution in [0.2, 0.25) is 0 Å². The molecule has 0 saturated heterocycles. The van der Waals surface area contributed by atoms with Gasteiger partial charge in [-0.05, 0) is 24.8 Å². The Labute approximate surface area is 88.2 Å². The second-order valence-electron chi connectivity index (χ2n) is 3.53. The standard InChI is InChI=1S/C10H8BrF3/c11-10(5-1-2-5)6-3-8(13)9(14)4-7(6)12/h3-5,10H,1-2H2. The maximum absolute atomic E-state index is 13.2. The molecule has 0 heterocycles. The molecule has 1 aromatic rings. The van der Waals surface area contributed by atoms with Gasteiger partial charge in [0.2, 0.25) is 0 Å². The van der Waals surface area contributed by atoms with Gasteiger partial charge < -0.3 is 0 Å². The lowest BCUT2D eigenvalue weighted by Crippen LogP contribution is -1.99. The second-order valence-corrected chi connectivity index (χ2v) is 4.51. The molecule has 4 heteroatoms. The molecule has 0 nitrogen and oxygen atoms in total. The van der Waals surface area contributed by atoms with E-state index in [2.05, 4.69) is 15.9 Å². The molecule has 0 radical (unpaired) electrons. The van der Waals surface area contributed by atoms with E-state index in [4.69, 9.17) is 0 Å². The van der Waals surface area contributed by atoms with Crippen LogP contribution in [0.3, 0.4) is 0 Å². The average molecular weight is 265 g/mol. The van der Waals surface area contributed by atoms with Crippen molar-refractivity contribution in [3.63, 3.8) is 0 Å². The highest BCUT2D eigenvalue weighted by atomic mass is 79.9. The molecule has 0 N–H and O–H groups in total. The van der Waals surface area contributed by atoms with Crippen LogP contribution in [0.5, 0.6) is 0 Å². The lowest BCUT2D eigenvalue weighted by atomic mass is 10.1. The minimum Gasteiger partial charge on any atom is -0.207 e. The van der Waals surface area contributed by atoms with E-state index >= 15 is 0 Å². The molecule has 1 aliphatic rings. The summed E-state index contributed by atoms with van der Waals surface area (Å²) in [6.07, 6.45) is 2.02. The van der Waals surface area contributed by atoms with Crippen LogP contribution in [0.4, 0.5) is 13.2 Å². The minimum absolute atomic E-state index is 0.197. The van der Waals surface area contributed by atoms with E-state index in [1.54, 1.807) is 0 Å². The molecule has 0 bridgehead atoms. The fourth-order valence-corrected chi connectivity index (χ4v) is 2.27. The van der Waals surface area contributed by atoms with E-state index in [0.29, 0.717) is 12.0 Å². The Morgan fingerprint density at radius 1 is 1.07 bits per heavy atom. The number of halogens is 4. The summed E-state index contributed by atoms with van der Waals surface area (Å²) in [5.41, 5.74) is 0.214. The van der Waals surface area contributed by atoms with Gasteiger partial charge in [0, 0.05) is 16.5 Å². The zero-order chi connectivity index (χ0) is 10.3. The van der Waals surface area contributed by atoms with E-state index in [0.717, 1.165) is 18.9 Å². The van der Waals surface area contributed by atoms with Gasteiger partial charge >= 0.3 is 0 Å². The van der Waals surface area contributed by atoms with Gasteiger partial charge in [0.15, 0.2) is 11.6 Å². The zero-order valence-electron chi connectivity index (χ0n) is 7.24. The van der Waals surface area contributed by atoms with Crippen molar-refractivity contribution in [2.75, 3.05) is 0 Å². The van der Waals surface area contributed by atoms with E-state index in [1.807, 2.05) is 0 Å². The smallest absolute Gasteiger partial charge is 0.161 e. The van der Waals surface area contributed by atoms with Crippen molar-refractivity contribution in [1.82, 2.24) is 0 Å². The Morgan fingerprint density at radius 3 is 2.21 bits per heavy atom. The van der Waals surface area contributed by atoms with E-state index in [1.165, 1.54) is 0 Å². The van der Waals surface area contributed by atoms with Crippen LogP contribution < -0.4 is 0 Å². The van der Waals surface area contributed by atoms with Gasteiger partial charge in [-0.3, -0.25) is 0 Å². The number of hydrogen-bond donors (Lipinski definition) is 0. The Balaban J connectivity index is 2.36. The summed E-state index contributed by atoms with van der Waals surface area (Å²) in [5.74, 6) is -2.46. The lowest BCUT2D eigenvalue weighted by Gasteiger charge is -2.10.